The van der Waals surface area contributed by atoms with E-state index in [1.807, 2.05) is 30.5 Å². The number of fused-ring (bicyclic) bond motifs is 1. The van der Waals surface area contributed by atoms with Crippen molar-refractivity contribution in [2.75, 3.05) is 0 Å². The Bertz CT molecular complexity index is 653. The number of pyridine rings is 1. The molecule has 3 rings (SSSR count). The van der Waals surface area contributed by atoms with E-state index in [0.717, 1.165) is 17.7 Å². The average molecular weight is 296 g/mol. The minimum atomic E-state index is -0.443. The van der Waals surface area contributed by atoms with Gasteiger partial charge in [0.25, 0.3) is 0 Å². The Morgan fingerprint density at radius 3 is 2.64 bits per heavy atom. The zero-order chi connectivity index (χ0) is 15.7. The van der Waals surface area contributed by atoms with Crippen LogP contribution in [0.2, 0.25) is 0 Å². The van der Waals surface area contributed by atoms with Crippen LogP contribution in [0.4, 0.5) is 0 Å². The molecule has 3 unspecified atom stereocenters. The molecule has 1 heterocycles. The highest BCUT2D eigenvalue weighted by atomic mass is 16.3. The Balaban J connectivity index is 1.83. The van der Waals surface area contributed by atoms with Gasteiger partial charge >= 0.3 is 0 Å². The van der Waals surface area contributed by atoms with Crippen LogP contribution in [0.25, 0.3) is 0 Å². The molecular weight excluding hydrogens is 272 g/mol. The molecule has 116 valence electrons. The summed E-state index contributed by atoms with van der Waals surface area (Å²) in [5.74, 6) is 0.407. The Hall–Kier alpha value is -1.71. The summed E-state index contributed by atoms with van der Waals surface area (Å²) >= 11 is 0. The molecule has 0 aliphatic heterocycles. The molecule has 0 saturated carbocycles. The number of aryl methyl sites for hydroxylation is 1. The smallest absolute Gasteiger partial charge is 0.0949 e. The molecule has 0 radical (unpaired) electrons. The molecule has 0 amide bonds. The van der Waals surface area contributed by atoms with E-state index in [2.05, 4.69) is 43.2 Å². The van der Waals surface area contributed by atoms with Crippen molar-refractivity contribution in [3.05, 3.63) is 65.0 Å². The molecule has 2 aromatic rings. The van der Waals surface area contributed by atoms with Crippen molar-refractivity contribution in [2.45, 2.75) is 45.4 Å². The Morgan fingerprint density at radius 2 is 1.95 bits per heavy atom. The van der Waals surface area contributed by atoms with Crippen molar-refractivity contribution >= 4 is 0 Å². The second-order valence-corrected chi connectivity index (χ2v) is 6.55. The van der Waals surface area contributed by atoms with Gasteiger partial charge in [0.2, 0.25) is 0 Å². The van der Waals surface area contributed by atoms with Crippen molar-refractivity contribution in [3.8, 4) is 0 Å². The number of nitrogens with zero attached hydrogens (tertiary/aromatic N) is 1. The van der Waals surface area contributed by atoms with E-state index in [-0.39, 0.29) is 12.1 Å². The zero-order valence-electron chi connectivity index (χ0n) is 13.5. The summed E-state index contributed by atoms with van der Waals surface area (Å²) in [5, 5.41) is 14.3. The molecule has 0 saturated heterocycles. The molecular formula is C19H24N2O. The Kier molecular flexibility index (Phi) is 4.27. The standard InChI is InChI=1S/C19H24N2O/c1-12(2)17(18-13(3)7-6-10-20-18)21-16-11-14-8-4-5-9-15(14)19(16)22/h4-10,12,16-17,19,21-22H,11H2,1-3H3. The highest BCUT2D eigenvalue weighted by Crippen LogP contribution is 2.34. The third-order valence-electron chi connectivity index (χ3n) is 4.60. The van der Waals surface area contributed by atoms with Gasteiger partial charge in [-0.15, -0.1) is 0 Å². The van der Waals surface area contributed by atoms with Gasteiger partial charge in [-0.05, 0) is 42.0 Å². The summed E-state index contributed by atoms with van der Waals surface area (Å²) in [4.78, 5) is 4.57. The van der Waals surface area contributed by atoms with Crippen LogP contribution in [0.5, 0.6) is 0 Å². The van der Waals surface area contributed by atoms with E-state index < -0.39 is 6.10 Å². The summed E-state index contributed by atoms with van der Waals surface area (Å²) in [7, 11) is 0. The fraction of sp³-hybridized carbons (Fsp3) is 0.421. The molecule has 1 aromatic heterocycles. The number of benzene rings is 1. The topological polar surface area (TPSA) is 45.2 Å². The molecule has 1 aliphatic rings. The number of aromatic nitrogens is 1. The first-order valence-corrected chi connectivity index (χ1v) is 8.01. The first-order chi connectivity index (χ1) is 10.6. The van der Waals surface area contributed by atoms with Crippen LogP contribution < -0.4 is 5.32 Å². The Labute approximate surface area is 132 Å². The summed E-state index contributed by atoms with van der Waals surface area (Å²) in [5.41, 5.74) is 4.58. The molecule has 0 bridgehead atoms. The lowest BCUT2D eigenvalue weighted by atomic mass is 9.95. The molecule has 22 heavy (non-hydrogen) atoms. The van der Waals surface area contributed by atoms with Crippen molar-refractivity contribution in [1.82, 2.24) is 10.3 Å². The highest BCUT2D eigenvalue weighted by molar-refractivity contribution is 5.36. The predicted molar refractivity (Wildman–Crippen MR) is 88.6 cm³/mol. The maximum Gasteiger partial charge on any atom is 0.0949 e. The third-order valence-corrected chi connectivity index (χ3v) is 4.60. The van der Waals surface area contributed by atoms with E-state index in [1.54, 1.807) is 0 Å². The van der Waals surface area contributed by atoms with Gasteiger partial charge in [0.15, 0.2) is 0 Å². The van der Waals surface area contributed by atoms with E-state index >= 15 is 0 Å². The maximum absolute atomic E-state index is 10.6. The first kappa shape index (κ1) is 15.2. The van der Waals surface area contributed by atoms with Gasteiger partial charge in [-0.25, -0.2) is 0 Å². The van der Waals surface area contributed by atoms with Crippen molar-refractivity contribution in [3.63, 3.8) is 0 Å². The van der Waals surface area contributed by atoms with Crippen LogP contribution in [0.15, 0.2) is 42.6 Å². The quantitative estimate of drug-likeness (QED) is 0.909. The lowest BCUT2D eigenvalue weighted by Gasteiger charge is -2.28. The largest absolute Gasteiger partial charge is 0.387 e. The minimum absolute atomic E-state index is 0.0474. The molecule has 0 fully saturated rings. The molecule has 2 N–H and O–H groups in total. The molecule has 0 spiro atoms. The number of rotatable bonds is 4. The van der Waals surface area contributed by atoms with Gasteiger partial charge in [-0.3, -0.25) is 4.98 Å². The monoisotopic (exact) mass is 296 g/mol. The lowest BCUT2D eigenvalue weighted by Crippen LogP contribution is -2.39. The van der Waals surface area contributed by atoms with Crippen LogP contribution in [-0.2, 0) is 6.42 Å². The normalized spacial score (nSPS) is 21.9. The summed E-state index contributed by atoms with van der Waals surface area (Å²) in [6, 6.07) is 12.4. The van der Waals surface area contributed by atoms with Crippen molar-refractivity contribution in [2.24, 2.45) is 5.92 Å². The van der Waals surface area contributed by atoms with Gasteiger partial charge in [-0.1, -0.05) is 44.2 Å². The van der Waals surface area contributed by atoms with E-state index in [9.17, 15) is 5.11 Å². The molecule has 1 aliphatic carbocycles. The summed E-state index contributed by atoms with van der Waals surface area (Å²) in [6.07, 6.45) is 2.27. The van der Waals surface area contributed by atoms with Gasteiger partial charge < -0.3 is 10.4 Å². The van der Waals surface area contributed by atoms with E-state index in [4.69, 9.17) is 0 Å². The fourth-order valence-corrected chi connectivity index (χ4v) is 3.37. The van der Waals surface area contributed by atoms with Crippen molar-refractivity contribution in [1.29, 1.82) is 0 Å². The Morgan fingerprint density at radius 1 is 1.18 bits per heavy atom. The molecule has 1 aromatic carbocycles. The van der Waals surface area contributed by atoms with Crippen LogP contribution >= 0.6 is 0 Å². The summed E-state index contributed by atoms with van der Waals surface area (Å²) < 4.78 is 0. The van der Waals surface area contributed by atoms with Crippen LogP contribution in [-0.4, -0.2) is 16.1 Å². The molecule has 3 nitrogen and oxygen atoms in total. The lowest BCUT2D eigenvalue weighted by molar-refractivity contribution is 0.129. The van der Waals surface area contributed by atoms with Gasteiger partial charge in [0, 0.05) is 12.2 Å². The minimum Gasteiger partial charge on any atom is -0.387 e. The maximum atomic E-state index is 10.6. The fourth-order valence-electron chi connectivity index (χ4n) is 3.37. The third kappa shape index (κ3) is 2.79. The van der Waals surface area contributed by atoms with E-state index in [1.165, 1.54) is 11.1 Å². The second-order valence-electron chi connectivity index (χ2n) is 6.55. The number of hydrogen-bond acceptors (Lipinski definition) is 3. The average Bonchev–Trinajstić information content (AvgIpc) is 2.82. The molecule has 3 heteroatoms. The van der Waals surface area contributed by atoms with Crippen LogP contribution in [0.1, 0.15) is 48.4 Å². The van der Waals surface area contributed by atoms with Crippen LogP contribution in [0.3, 0.4) is 0 Å². The second kappa shape index (κ2) is 6.19. The zero-order valence-corrected chi connectivity index (χ0v) is 13.5. The van der Waals surface area contributed by atoms with E-state index in [0.29, 0.717) is 5.92 Å². The first-order valence-electron chi connectivity index (χ1n) is 8.01. The number of aliphatic hydroxyl groups is 1. The van der Waals surface area contributed by atoms with Gasteiger partial charge in [0.05, 0.1) is 17.8 Å². The van der Waals surface area contributed by atoms with Gasteiger partial charge in [-0.2, -0.15) is 0 Å². The van der Waals surface area contributed by atoms with Gasteiger partial charge in [0.1, 0.15) is 0 Å². The summed E-state index contributed by atoms with van der Waals surface area (Å²) in [6.45, 7) is 6.49. The molecule has 3 atom stereocenters. The SMILES string of the molecule is Cc1cccnc1C(NC1Cc2ccccc2C1O)C(C)C. The van der Waals surface area contributed by atoms with Crippen molar-refractivity contribution < 1.29 is 5.11 Å². The number of aliphatic hydroxyl groups excluding tert-OH is 1. The van der Waals surface area contributed by atoms with Crippen LogP contribution in [0, 0.1) is 12.8 Å². The predicted octanol–water partition coefficient (Wildman–Crippen LogP) is 3.34. The highest BCUT2D eigenvalue weighted by Gasteiger charge is 2.33. The number of nitrogens with one attached hydrogen (secondary N) is 1. The number of hydrogen-bond donors (Lipinski definition) is 2.